The van der Waals surface area contributed by atoms with Gasteiger partial charge in [0, 0.05) is 9.50 Å². The minimum absolute atomic E-state index is 0.140. The van der Waals surface area contributed by atoms with Crippen molar-refractivity contribution >= 4 is 27.5 Å². The summed E-state index contributed by atoms with van der Waals surface area (Å²) in [5.41, 5.74) is 11.5. The number of hydrogen-bond donors (Lipinski definition) is 1. The zero-order chi connectivity index (χ0) is 13.4. The summed E-state index contributed by atoms with van der Waals surface area (Å²) in [6.07, 6.45) is 3.63. The smallest absolute Gasteiger partial charge is 0.0563 e. The topological polar surface area (TPSA) is 26.0 Å². The van der Waals surface area contributed by atoms with Crippen molar-refractivity contribution in [2.45, 2.75) is 25.3 Å². The van der Waals surface area contributed by atoms with Gasteiger partial charge in [0.25, 0.3) is 0 Å². The van der Waals surface area contributed by atoms with E-state index in [9.17, 15) is 0 Å². The van der Waals surface area contributed by atoms with Crippen molar-refractivity contribution in [2.75, 3.05) is 0 Å². The first-order chi connectivity index (χ1) is 9.15. The first-order valence-corrected chi connectivity index (χ1v) is 7.64. The van der Waals surface area contributed by atoms with Crippen molar-refractivity contribution in [1.29, 1.82) is 0 Å². The molecule has 0 fully saturated rings. The summed E-state index contributed by atoms with van der Waals surface area (Å²) < 4.78 is 1.00. The summed E-state index contributed by atoms with van der Waals surface area (Å²) in [7, 11) is 0. The fourth-order valence-electron chi connectivity index (χ4n) is 2.72. The van der Waals surface area contributed by atoms with Crippen molar-refractivity contribution in [3.63, 3.8) is 0 Å². The van der Waals surface area contributed by atoms with Crippen LogP contribution in [0.2, 0.25) is 5.02 Å². The first kappa shape index (κ1) is 13.2. The third-order valence-electron chi connectivity index (χ3n) is 3.77. The maximum Gasteiger partial charge on any atom is 0.0563 e. The molecule has 0 radical (unpaired) electrons. The van der Waals surface area contributed by atoms with Crippen molar-refractivity contribution in [3.8, 4) is 0 Å². The second-order valence-corrected chi connectivity index (χ2v) is 6.32. The molecule has 2 aromatic rings. The quantitative estimate of drug-likeness (QED) is 0.849. The fraction of sp³-hybridized carbons (Fsp3) is 0.250. The molecule has 1 nitrogen and oxygen atoms in total. The Morgan fingerprint density at radius 2 is 1.84 bits per heavy atom. The van der Waals surface area contributed by atoms with Crippen LogP contribution in [-0.4, -0.2) is 0 Å². The highest BCUT2D eigenvalue weighted by atomic mass is 79.9. The van der Waals surface area contributed by atoms with Crippen molar-refractivity contribution in [1.82, 2.24) is 0 Å². The molecule has 0 bridgehead atoms. The number of benzene rings is 2. The summed E-state index contributed by atoms with van der Waals surface area (Å²) in [6.45, 7) is 0. The van der Waals surface area contributed by atoms with Crippen LogP contribution in [0.1, 0.15) is 34.7 Å². The van der Waals surface area contributed by atoms with E-state index in [-0.39, 0.29) is 6.04 Å². The third-order valence-corrected chi connectivity index (χ3v) is 4.73. The van der Waals surface area contributed by atoms with E-state index in [0.717, 1.165) is 20.6 Å². The lowest BCUT2D eigenvalue weighted by molar-refractivity contribution is 0.862. The van der Waals surface area contributed by atoms with Gasteiger partial charge >= 0.3 is 0 Å². The maximum atomic E-state index is 6.39. The van der Waals surface area contributed by atoms with E-state index < -0.39 is 0 Å². The Morgan fingerprint density at radius 3 is 2.68 bits per heavy atom. The van der Waals surface area contributed by atoms with Crippen molar-refractivity contribution < 1.29 is 0 Å². The number of fused-ring (bicyclic) bond motifs is 1. The van der Waals surface area contributed by atoms with Crippen LogP contribution in [0.25, 0.3) is 0 Å². The third kappa shape index (κ3) is 2.58. The minimum atomic E-state index is -0.140. The first-order valence-electron chi connectivity index (χ1n) is 6.47. The minimum Gasteiger partial charge on any atom is -0.320 e. The lowest BCUT2D eigenvalue weighted by Crippen LogP contribution is -2.13. The van der Waals surface area contributed by atoms with Crippen LogP contribution in [0.5, 0.6) is 0 Å². The Balaban J connectivity index is 1.99. The Kier molecular flexibility index (Phi) is 3.66. The fourth-order valence-corrected chi connectivity index (χ4v) is 3.39. The van der Waals surface area contributed by atoms with Gasteiger partial charge in [-0.2, -0.15) is 0 Å². The predicted molar refractivity (Wildman–Crippen MR) is 83.6 cm³/mol. The molecule has 1 aliphatic rings. The molecule has 19 heavy (non-hydrogen) atoms. The van der Waals surface area contributed by atoms with Gasteiger partial charge in [-0.1, -0.05) is 45.7 Å². The molecule has 0 aliphatic heterocycles. The van der Waals surface area contributed by atoms with E-state index >= 15 is 0 Å². The Morgan fingerprint density at radius 1 is 1.05 bits per heavy atom. The zero-order valence-electron chi connectivity index (χ0n) is 10.5. The SMILES string of the molecule is NC(c1ccc2c(c1)CCC2)c1cc(Cl)ccc1Br. The van der Waals surface area contributed by atoms with Gasteiger partial charge in [0.05, 0.1) is 6.04 Å². The van der Waals surface area contributed by atoms with Gasteiger partial charge in [-0.15, -0.1) is 0 Å². The van der Waals surface area contributed by atoms with Gasteiger partial charge in [0.2, 0.25) is 0 Å². The second kappa shape index (κ2) is 5.28. The van der Waals surface area contributed by atoms with Crippen LogP contribution < -0.4 is 5.73 Å². The molecule has 3 rings (SSSR count). The van der Waals surface area contributed by atoms with Crippen LogP contribution in [0.4, 0.5) is 0 Å². The molecular formula is C16H15BrClN. The van der Waals surface area contributed by atoms with Crippen LogP contribution in [0.15, 0.2) is 40.9 Å². The Bertz CT molecular complexity index is 624. The van der Waals surface area contributed by atoms with Crippen molar-refractivity contribution in [3.05, 3.63) is 68.1 Å². The highest BCUT2D eigenvalue weighted by Gasteiger charge is 2.16. The zero-order valence-corrected chi connectivity index (χ0v) is 12.8. The van der Waals surface area contributed by atoms with Crippen LogP contribution >= 0.6 is 27.5 Å². The molecule has 0 saturated carbocycles. The van der Waals surface area contributed by atoms with E-state index in [1.54, 1.807) is 0 Å². The van der Waals surface area contributed by atoms with Crippen LogP contribution in [-0.2, 0) is 12.8 Å². The number of nitrogens with two attached hydrogens (primary N) is 1. The summed E-state index contributed by atoms with van der Waals surface area (Å²) in [4.78, 5) is 0. The van der Waals surface area contributed by atoms with E-state index in [1.165, 1.54) is 30.4 Å². The summed E-state index contributed by atoms with van der Waals surface area (Å²) in [5, 5.41) is 0.717. The largest absolute Gasteiger partial charge is 0.320 e. The summed E-state index contributed by atoms with van der Waals surface area (Å²) in [6, 6.07) is 12.2. The summed E-state index contributed by atoms with van der Waals surface area (Å²) >= 11 is 9.62. The number of hydrogen-bond acceptors (Lipinski definition) is 1. The normalized spacial score (nSPS) is 15.3. The standard InChI is InChI=1S/C16H15BrClN/c17-15-7-6-13(18)9-14(15)16(19)12-5-4-10-2-1-3-11(10)8-12/h4-9,16H,1-3,19H2. The molecule has 0 aromatic heterocycles. The monoisotopic (exact) mass is 335 g/mol. The molecule has 0 saturated heterocycles. The maximum absolute atomic E-state index is 6.39. The van der Waals surface area contributed by atoms with Crippen LogP contribution in [0.3, 0.4) is 0 Å². The molecule has 3 heteroatoms. The lowest BCUT2D eigenvalue weighted by Gasteiger charge is -2.16. The van der Waals surface area contributed by atoms with Gasteiger partial charge in [0.1, 0.15) is 0 Å². The second-order valence-electron chi connectivity index (χ2n) is 5.03. The van der Waals surface area contributed by atoms with E-state index in [4.69, 9.17) is 17.3 Å². The number of rotatable bonds is 2. The van der Waals surface area contributed by atoms with Crippen LogP contribution in [0, 0.1) is 0 Å². The Labute approximate surface area is 126 Å². The average molecular weight is 337 g/mol. The molecule has 0 heterocycles. The predicted octanol–water partition coefficient (Wildman–Crippen LogP) is 4.64. The molecule has 1 atom stereocenters. The highest BCUT2D eigenvalue weighted by molar-refractivity contribution is 9.10. The molecule has 1 aliphatic carbocycles. The highest BCUT2D eigenvalue weighted by Crippen LogP contribution is 2.31. The Hall–Kier alpha value is -0.830. The molecule has 0 spiro atoms. The van der Waals surface area contributed by atoms with Crippen molar-refractivity contribution in [2.24, 2.45) is 5.73 Å². The van der Waals surface area contributed by atoms with Gasteiger partial charge in [0.15, 0.2) is 0 Å². The molecule has 98 valence electrons. The van der Waals surface area contributed by atoms with E-state index in [1.807, 2.05) is 18.2 Å². The van der Waals surface area contributed by atoms with Gasteiger partial charge < -0.3 is 5.73 Å². The number of halogens is 2. The molecular weight excluding hydrogens is 322 g/mol. The van der Waals surface area contributed by atoms with E-state index in [0.29, 0.717) is 0 Å². The molecule has 2 aromatic carbocycles. The summed E-state index contributed by atoms with van der Waals surface area (Å²) in [5.74, 6) is 0. The van der Waals surface area contributed by atoms with E-state index in [2.05, 4.69) is 34.1 Å². The lowest BCUT2D eigenvalue weighted by atomic mass is 9.96. The van der Waals surface area contributed by atoms with Gasteiger partial charge in [-0.3, -0.25) is 0 Å². The molecule has 1 unspecified atom stereocenters. The molecule has 2 N–H and O–H groups in total. The van der Waals surface area contributed by atoms with Gasteiger partial charge in [-0.05, 0) is 59.7 Å². The molecule has 0 amide bonds. The number of aryl methyl sites for hydroxylation is 2. The van der Waals surface area contributed by atoms with Gasteiger partial charge in [-0.25, -0.2) is 0 Å². The average Bonchev–Trinajstić information content (AvgIpc) is 2.88.